The van der Waals surface area contributed by atoms with Gasteiger partial charge in [0.25, 0.3) is 0 Å². The van der Waals surface area contributed by atoms with Crippen LogP contribution in [-0.4, -0.2) is 22.3 Å². The summed E-state index contributed by atoms with van der Waals surface area (Å²) < 4.78 is 15.6. The second-order valence-electron chi connectivity index (χ2n) is 15.2. The van der Waals surface area contributed by atoms with Crippen LogP contribution in [0.5, 0.6) is 0 Å². The van der Waals surface area contributed by atoms with Crippen LogP contribution in [0.3, 0.4) is 0 Å². The zero-order chi connectivity index (χ0) is 37.5. The molecule has 1 N–H and O–H groups in total. The highest BCUT2D eigenvalue weighted by Gasteiger charge is 2.39. The standard InChI is InChI=1S/C51H36N4O2/c1-3-12-31(13-4-1)49-52-50(32-14-5-2-6-15-32)54-51(53-49)34-23-27-44-41(28-34)39-25-22-33(29-46(39)56-44)36-18-11-21-45-48(36)40-26-24-35(30-47(40)57-45)55-42-19-9-7-16-37(42)38-17-8-10-20-43(38)55/h1-22,24-30,34,39,46,49H,23H2,(H,52,53,54). The van der Waals surface area contributed by atoms with Gasteiger partial charge < -0.3 is 19.0 Å². The van der Waals surface area contributed by atoms with Crippen LogP contribution in [-0.2, 0) is 4.74 Å². The average molecular weight is 737 g/mol. The van der Waals surface area contributed by atoms with Gasteiger partial charge in [-0.15, -0.1) is 0 Å². The molecule has 12 rings (SSSR count). The largest absolute Gasteiger partial charge is 0.485 e. The number of amidine groups is 2. The van der Waals surface area contributed by atoms with Crippen molar-refractivity contribution in [3.63, 3.8) is 0 Å². The summed E-state index contributed by atoms with van der Waals surface area (Å²) in [5.41, 5.74) is 10.8. The average Bonchev–Trinajstić information content (AvgIpc) is 3.95. The van der Waals surface area contributed by atoms with Gasteiger partial charge in [0.05, 0.1) is 11.0 Å². The Hall–Kier alpha value is -7.18. The second kappa shape index (κ2) is 12.7. The Balaban J connectivity index is 0.879. The van der Waals surface area contributed by atoms with Crippen molar-refractivity contribution >= 4 is 61.0 Å². The Kier molecular flexibility index (Phi) is 7.14. The van der Waals surface area contributed by atoms with Crippen LogP contribution in [0.1, 0.15) is 29.3 Å². The fourth-order valence-electron chi connectivity index (χ4n) is 9.24. The fourth-order valence-corrected chi connectivity index (χ4v) is 9.24. The van der Waals surface area contributed by atoms with E-state index in [0.29, 0.717) is 0 Å². The molecule has 8 aromatic rings. The molecule has 1 fully saturated rings. The van der Waals surface area contributed by atoms with Crippen molar-refractivity contribution in [2.24, 2.45) is 21.8 Å². The molecule has 272 valence electrons. The van der Waals surface area contributed by atoms with Crippen LogP contribution in [0.25, 0.3) is 55.0 Å². The Morgan fingerprint density at radius 2 is 1.44 bits per heavy atom. The van der Waals surface area contributed by atoms with Crippen molar-refractivity contribution < 1.29 is 9.15 Å². The number of rotatable bonds is 5. The molecule has 4 aliphatic rings. The number of fused-ring (bicyclic) bond motifs is 9. The maximum atomic E-state index is 6.70. The summed E-state index contributed by atoms with van der Waals surface area (Å²) in [4.78, 5) is 10.3. The normalized spacial score (nSPS) is 21.3. The van der Waals surface area contributed by atoms with E-state index >= 15 is 0 Å². The molecular formula is C51H36N4O2. The van der Waals surface area contributed by atoms with Gasteiger partial charge in [-0.2, -0.15) is 0 Å². The smallest absolute Gasteiger partial charge is 0.147 e. The predicted molar refractivity (Wildman–Crippen MR) is 231 cm³/mol. The molecule has 4 atom stereocenters. The maximum absolute atomic E-state index is 6.70. The number of hydrogen-bond donors (Lipinski definition) is 1. The van der Waals surface area contributed by atoms with Gasteiger partial charge >= 0.3 is 0 Å². The van der Waals surface area contributed by atoms with Crippen LogP contribution in [0.15, 0.2) is 202 Å². The maximum Gasteiger partial charge on any atom is 0.147 e. The summed E-state index contributed by atoms with van der Waals surface area (Å²) in [6.07, 6.45) is 11.9. The molecule has 2 aromatic heterocycles. The molecule has 6 nitrogen and oxygen atoms in total. The first-order valence-corrected chi connectivity index (χ1v) is 19.7. The van der Waals surface area contributed by atoms with E-state index in [1.165, 1.54) is 27.4 Å². The van der Waals surface area contributed by atoms with Gasteiger partial charge in [-0.1, -0.05) is 127 Å². The topological polar surface area (TPSA) is 64.1 Å². The molecule has 0 radical (unpaired) electrons. The minimum absolute atomic E-state index is 0.0374. The molecule has 6 aromatic carbocycles. The van der Waals surface area contributed by atoms with Crippen LogP contribution in [0.4, 0.5) is 0 Å². The van der Waals surface area contributed by atoms with E-state index in [2.05, 4.69) is 162 Å². The van der Waals surface area contributed by atoms with Crippen LogP contribution in [0, 0.1) is 11.8 Å². The molecule has 0 bridgehead atoms. The molecule has 57 heavy (non-hydrogen) atoms. The van der Waals surface area contributed by atoms with Crippen LogP contribution < -0.4 is 5.32 Å². The van der Waals surface area contributed by atoms with Gasteiger partial charge in [-0.25, -0.2) is 9.98 Å². The Labute approximate surface area is 329 Å². The summed E-state index contributed by atoms with van der Waals surface area (Å²) >= 11 is 0. The van der Waals surface area contributed by atoms with Crippen LogP contribution in [0.2, 0.25) is 0 Å². The van der Waals surface area contributed by atoms with Crippen molar-refractivity contribution in [1.29, 1.82) is 0 Å². The molecule has 0 amide bonds. The number of ether oxygens (including phenoxy) is 1. The van der Waals surface area contributed by atoms with Crippen molar-refractivity contribution in [3.8, 4) is 5.69 Å². The van der Waals surface area contributed by atoms with Crippen molar-refractivity contribution in [1.82, 2.24) is 9.88 Å². The first-order chi connectivity index (χ1) is 28.2. The van der Waals surface area contributed by atoms with Gasteiger partial charge in [-0.3, -0.25) is 0 Å². The lowest BCUT2D eigenvalue weighted by atomic mass is 9.82. The zero-order valence-corrected chi connectivity index (χ0v) is 30.9. The number of hydrogen-bond acceptors (Lipinski definition) is 5. The van der Waals surface area contributed by atoms with E-state index in [1.54, 1.807) is 0 Å². The Bertz CT molecular complexity index is 3070. The molecule has 2 aliphatic carbocycles. The van der Waals surface area contributed by atoms with Gasteiger partial charge in [0, 0.05) is 56.3 Å². The molecule has 4 heterocycles. The first kappa shape index (κ1) is 32.1. The summed E-state index contributed by atoms with van der Waals surface area (Å²) in [6, 6.07) is 50.9. The monoisotopic (exact) mass is 736 g/mol. The number of para-hydroxylation sites is 2. The zero-order valence-electron chi connectivity index (χ0n) is 30.9. The fraction of sp³-hybridized carbons (Fsp3) is 0.0980. The number of aromatic nitrogens is 1. The molecule has 0 saturated carbocycles. The Morgan fingerprint density at radius 3 is 2.25 bits per heavy atom. The van der Waals surface area contributed by atoms with E-state index in [9.17, 15) is 0 Å². The van der Waals surface area contributed by atoms with Crippen molar-refractivity contribution in [3.05, 3.63) is 204 Å². The minimum Gasteiger partial charge on any atom is -0.485 e. The highest BCUT2D eigenvalue weighted by Crippen LogP contribution is 2.46. The molecule has 0 spiro atoms. The minimum atomic E-state index is -0.215. The second-order valence-corrected chi connectivity index (χ2v) is 15.2. The molecule has 2 aliphatic heterocycles. The molecule has 1 saturated heterocycles. The predicted octanol–water partition coefficient (Wildman–Crippen LogP) is 11.6. The molecular weight excluding hydrogens is 701 g/mol. The first-order valence-electron chi connectivity index (χ1n) is 19.7. The third kappa shape index (κ3) is 5.17. The number of benzene rings is 6. The van der Waals surface area contributed by atoms with Crippen molar-refractivity contribution in [2.75, 3.05) is 0 Å². The summed E-state index contributed by atoms with van der Waals surface area (Å²) in [7, 11) is 0. The lowest BCUT2D eigenvalue weighted by molar-refractivity contribution is 0.184. The van der Waals surface area contributed by atoms with E-state index in [1.807, 2.05) is 24.3 Å². The quantitative estimate of drug-likeness (QED) is 0.191. The number of nitrogens with zero attached hydrogens (tertiary/aromatic N) is 3. The number of aliphatic imine (C=N–C) groups is 2. The van der Waals surface area contributed by atoms with Gasteiger partial charge in [0.15, 0.2) is 0 Å². The highest BCUT2D eigenvalue weighted by molar-refractivity contribution is 6.13. The number of allylic oxidation sites excluding steroid dienone is 4. The van der Waals surface area contributed by atoms with Gasteiger partial charge in [-0.05, 0) is 65.6 Å². The summed E-state index contributed by atoms with van der Waals surface area (Å²) in [5, 5.41) is 8.29. The third-order valence-corrected chi connectivity index (χ3v) is 11.9. The van der Waals surface area contributed by atoms with E-state index in [0.717, 1.165) is 73.7 Å². The van der Waals surface area contributed by atoms with E-state index < -0.39 is 0 Å². The van der Waals surface area contributed by atoms with Crippen molar-refractivity contribution in [2.45, 2.75) is 18.7 Å². The molecule has 4 unspecified atom stereocenters. The summed E-state index contributed by atoms with van der Waals surface area (Å²) in [5.74, 6) is 2.80. The number of furan rings is 1. The van der Waals surface area contributed by atoms with Gasteiger partial charge in [0.1, 0.15) is 40.9 Å². The third-order valence-electron chi connectivity index (χ3n) is 11.9. The SMILES string of the molecule is C1=CC2C3=CC(C4=NC(c5ccccc5)NC(c5ccccc5)=N4)CC=C3OC2C=C1c1cccc2oc3cc(-n4c5ccccc5c5ccccc54)ccc3c12. The van der Waals surface area contributed by atoms with E-state index in [-0.39, 0.29) is 24.1 Å². The highest BCUT2D eigenvalue weighted by atomic mass is 16.5. The van der Waals surface area contributed by atoms with Gasteiger partial charge in [0.2, 0.25) is 0 Å². The Morgan fingerprint density at radius 1 is 0.684 bits per heavy atom. The lowest BCUT2D eigenvalue weighted by Gasteiger charge is -2.27. The van der Waals surface area contributed by atoms with E-state index in [4.69, 9.17) is 19.1 Å². The lowest BCUT2D eigenvalue weighted by Crippen LogP contribution is -2.35. The van der Waals surface area contributed by atoms with Crippen LogP contribution >= 0.6 is 0 Å². The number of nitrogens with one attached hydrogen (secondary N) is 1. The molecule has 6 heteroatoms. The summed E-state index contributed by atoms with van der Waals surface area (Å²) in [6.45, 7) is 0.